The van der Waals surface area contributed by atoms with E-state index in [1.54, 1.807) is 26.9 Å². The van der Waals surface area contributed by atoms with Gasteiger partial charge in [-0.3, -0.25) is 0 Å². The molecule has 170 valence electrons. The average Bonchev–Trinajstić information content (AvgIpc) is 3.15. The average molecular weight is 594 g/mol. The molecule has 0 saturated carbocycles. The number of unbranched alkanes of at least 4 members (excludes halogenated alkanes) is 9. The van der Waals surface area contributed by atoms with Gasteiger partial charge in [-0.2, -0.15) is 0 Å². The van der Waals surface area contributed by atoms with E-state index in [-0.39, 0.29) is 0 Å². The molecule has 0 radical (unpaired) electrons. The summed E-state index contributed by atoms with van der Waals surface area (Å²) in [6.07, 6.45) is 20.9. The molecule has 1 aliphatic rings. The van der Waals surface area contributed by atoms with Gasteiger partial charge in [0.2, 0.25) is 0 Å². The van der Waals surface area contributed by atoms with Crippen molar-refractivity contribution >= 4 is 8.80 Å². The minimum absolute atomic E-state index is 0.933. The van der Waals surface area contributed by atoms with E-state index >= 15 is 0 Å². The maximum Gasteiger partial charge on any atom is 0.0272 e. The number of rotatable bonds is 17. The Hall–Kier alpha value is 0.265. The molecule has 0 saturated heterocycles. The second-order valence-corrected chi connectivity index (χ2v) is 22.9. The predicted octanol–water partition coefficient (Wildman–Crippen LogP) is 7.67. The van der Waals surface area contributed by atoms with Crippen molar-refractivity contribution in [1.29, 1.82) is 0 Å². The van der Waals surface area contributed by atoms with Gasteiger partial charge < -0.3 is 13.3 Å². The van der Waals surface area contributed by atoms with E-state index in [1.807, 2.05) is 3.96 Å². The molecule has 1 aliphatic carbocycles. The molecule has 5 heteroatoms. The molecule has 1 rings (SSSR count). The van der Waals surface area contributed by atoms with Gasteiger partial charge >= 0.3 is 133 Å². The van der Waals surface area contributed by atoms with Crippen LogP contribution < -0.4 is 0 Å². The summed E-state index contributed by atoms with van der Waals surface area (Å²) in [5.74, 6) is 0. The topological polar surface area (TPSA) is 27.7 Å². The van der Waals surface area contributed by atoms with E-state index in [2.05, 4.69) is 28.1 Å². The maximum atomic E-state index is 5.47. The Kier molecular flexibility index (Phi) is 13.4. The van der Waals surface area contributed by atoms with Crippen LogP contribution >= 0.6 is 0 Å². The van der Waals surface area contributed by atoms with Crippen molar-refractivity contribution in [3.8, 4) is 0 Å². The van der Waals surface area contributed by atoms with Crippen LogP contribution in [0.25, 0.3) is 0 Å². The molecule has 0 atom stereocenters. The van der Waals surface area contributed by atoms with Gasteiger partial charge in [-0.1, -0.05) is 0 Å². The first-order valence-corrected chi connectivity index (χ1v) is 20.7. The van der Waals surface area contributed by atoms with Crippen LogP contribution in [0.1, 0.15) is 77.0 Å². The monoisotopic (exact) mass is 593 g/mol. The van der Waals surface area contributed by atoms with Crippen molar-refractivity contribution in [1.82, 2.24) is 0 Å². The summed E-state index contributed by atoms with van der Waals surface area (Å²) in [6, 6.07) is 0.933. The third-order valence-electron chi connectivity index (χ3n) is 5.62. The van der Waals surface area contributed by atoms with Crippen molar-refractivity contribution < 1.29 is 29.3 Å². The molecule has 0 bridgehead atoms. The molecule has 0 spiro atoms. The van der Waals surface area contributed by atoms with Crippen LogP contribution in [0.3, 0.4) is 0 Å². The van der Waals surface area contributed by atoms with Crippen molar-refractivity contribution in [3.05, 3.63) is 21.7 Å². The third-order valence-corrected chi connectivity index (χ3v) is 13.8. The van der Waals surface area contributed by atoms with Gasteiger partial charge in [0.1, 0.15) is 0 Å². The summed E-state index contributed by atoms with van der Waals surface area (Å²) in [5.41, 5.74) is 1.70. The van der Waals surface area contributed by atoms with Crippen LogP contribution in [0.2, 0.25) is 22.0 Å². The first kappa shape index (κ1) is 26.3. The fourth-order valence-electron chi connectivity index (χ4n) is 3.85. The molecule has 0 unspecified atom stereocenters. The summed E-state index contributed by atoms with van der Waals surface area (Å²) in [7, 11) is 2.76. The SMILES string of the molecule is CO[Si](CCCCCCCCCCCCC1=[C]([Pt]([CH3])([CH3])[CH3])CC=C1)(OC)OC. The summed E-state index contributed by atoms with van der Waals surface area (Å²) in [5, 5.41) is 7.58. The van der Waals surface area contributed by atoms with Gasteiger partial charge in [-0.15, -0.1) is 0 Å². The maximum absolute atomic E-state index is 5.47. The summed E-state index contributed by atoms with van der Waals surface area (Å²) in [4.78, 5) is 0. The Morgan fingerprint density at radius 3 is 1.68 bits per heavy atom. The Morgan fingerprint density at radius 2 is 1.21 bits per heavy atom. The standard InChI is InChI=1S/C20H37O3Si.3CH3.Pt/c1-21-24(22-2,23-3)19-15-11-9-7-5-4-6-8-10-12-16-20-17-13-14-18-20;;;;/h13,17H,4-12,14-16,19H2,1-3H3;3*1H3;. The van der Waals surface area contributed by atoms with Crippen molar-refractivity contribution in [2.75, 3.05) is 21.3 Å². The van der Waals surface area contributed by atoms with Gasteiger partial charge in [-0.05, 0) is 6.42 Å². The molecule has 0 aromatic carbocycles. The van der Waals surface area contributed by atoms with Crippen LogP contribution in [-0.2, 0) is 29.3 Å². The molecule has 0 aromatic heterocycles. The van der Waals surface area contributed by atoms with Crippen LogP contribution in [0.4, 0.5) is 0 Å². The van der Waals surface area contributed by atoms with Crippen molar-refractivity contribution in [3.63, 3.8) is 0 Å². The molecular weight excluding hydrogens is 547 g/mol. The first-order valence-electron chi connectivity index (χ1n) is 10.8. The van der Waals surface area contributed by atoms with E-state index in [0.29, 0.717) is 0 Å². The van der Waals surface area contributed by atoms with Crippen LogP contribution in [0.15, 0.2) is 21.7 Å². The second-order valence-electron chi connectivity index (χ2n) is 8.25. The number of allylic oxidation sites excluding steroid dienone is 4. The largest absolute Gasteiger partial charge is 0.377 e. The fraction of sp³-hybridized carbons (Fsp3) is 0.826. The zero-order chi connectivity index (χ0) is 20.9. The second kappa shape index (κ2) is 14.3. The Balaban J connectivity index is 1.97. The fourth-order valence-corrected chi connectivity index (χ4v) is 9.97. The molecule has 0 aliphatic heterocycles. The van der Waals surface area contributed by atoms with Gasteiger partial charge in [-0.25, -0.2) is 0 Å². The minimum atomic E-state index is -2.34. The zero-order valence-electron chi connectivity index (χ0n) is 19.4. The number of hydrogen-bond donors (Lipinski definition) is 0. The molecule has 0 fully saturated rings. The molecule has 0 heterocycles. The Labute approximate surface area is 179 Å². The molecule has 28 heavy (non-hydrogen) atoms. The van der Waals surface area contributed by atoms with Gasteiger partial charge in [0.25, 0.3) is 0 Å². The van der Waals surface area contributed by atoms with Gasteiger partial charge in [0.05, 0.1) is 0 Å². The Morgan fingerprint density at radius 1 is 0.750 bits per heavy atom. The van der Waals surface area contributed by atoms with Crippen molar-refractivity contribution in [2.45, 2.75) is 99.0 Å². The van der Waals surface area contributed by atoms with Crippen molar-refractivity contribution in [2.24, 2.45) is 0 Å². The van der Waals surface area contributed by atoms with Gasteiger partial charge in [0.15, 0.2) is 0 Å². The quantitative estimate of drug-likeness (QED) is 0.128. The third kappa shape index (κ3) is 9.85. The predicted molar refractivity (Wildman–Crippen MR) is 121 cm³/mol. The minimum Gasteiger partial charge on any atom is -0.377 e. The molecule has 0 amide bonds. The van der Waals surface area contributed by atoms with Crippen LogP contribution in [-0.4, -0.2) is 30.1 Å². The van der Waals surface area contributed by atoms with E-state index < -0.39 is 24.9 Å². The van der Waals surface area contributed by atoms with E-state index in [4.69, 9.17) is 13.3 Å². The van der Waals surface area contributed by atoms with Crippen LogP contribution in [0.5, 0.6) is 0 Å². The molecular formula is C23H46O3PtSi. The molecule has 3 nitrogen and oxygen atoms in total. The van der Waals surface area contributed by atoms with Gasteiger partial charge in [0, 0.05) is 27.4 Å². The van der Waals surface area contributed by atoms with Crippen LogP contribution in [0, 0.1) is 0 Å². The van der Waals surface area contributed by atoms with E-state index in [9.17, 15) is 0 Å². The van der Waals surface area contributed by atoms with E-state index in [0.717, 1.165) is 12.5 Å². The number of hydrogen-bond acceptors (Lipinski definition) is 3. The Bertz CT molecular complexity index is 470. The normalized spacial score (nSPS) is 15.6. The first-order chi connectivity index (χ1) is 13.4. The molecule has 0 N–H and O–H groups in total. The smallest absolute Gasteiger partial charge is 0.0272 e. The zero-order valence-corrected chi connectivity index (χ0v) is 22.7. The summed E-state index contributed by atoms with van der Waals surface area (Å²) >= 11 is -1.54. The molecule has 0 aromatic rings. The van der Waals surface area contributed by atoms with E-state index in [1.165, 1.54) is 70.6 Å². The summed E-state index contributed by atoms with van der Waals surface area (Å²) in [6.45, 7) is 0. The summed E-state index contributed by atoms with van der Waals surface area (Å²) < 4.78 is 18.3.